The predicted octanol–water partition coefficient (Wildman–Crippen LogP) is 15.7. The fraction of sp³-hybridized carbons (Fsp3) is 0.143. The SMILES string of the molecule is CC1(C)CCC(C)(C)c2cc(-n3c4ccc(-c5ccc(N(c6ccc(-c7ccccc7)cc6)c6ccc(-c7ccccc7)cc6)cc5)cc4c4c(F)cccc43)ccc21. The van der Waals surface area contributed by atoms with Crippen molar-refractivity contribution in [2.75, 3.05) is 4.90 Å². The molecule has 0 radical (unpaired) electrons. The maximum Gasteiger partial charge on any atom is 0.133 e. The van der Waals surface area contributed by atoms with E-state index in [9.17, 15) is 0 Å². The van der Waals surface area contributed by atoms with Crippen molar-refractivity contribution in [2.45, 2.75) is 51.4 Å². The fourth-order valence-corrected chi connectivity index (χ4v) is 9.32. The molecule has 3 heteroatoms. The second kappa shape index (κ2) is 14.3. The number of aromatic nitrogens is 1. The molecule has 0 bridgehead atoms. The molecule has 0 N–H and O–H groups in total. The van der Waals surface area contributed by atoms with Crippen LogP contribution in [0.2, 0.25) is 0 Å². The Morgan fingerprint density at radius 1 is 0.424 bits per heavy atom. The molecule has 0 amide bonds. The highest BCUT2D eigenvalue weighted by molar-refractivity contribution is 6.10. The van der Waals surface area contributed by atoms with Crippen molar-refractivity contribution in [3.8, 4) is 39.1 Å². The lowest BCUT2D eigenvalue weighted by molar-refractivity contribution is 0.332. The lowest BCUT2D eigenvalue weighted by Gasteiger charge is -2.42. The van der Waals surface area contributed by atoms with Crippen LogP contribution in [-0.4, -0.2) is 4.57 Å². The number of nitrogens with zero attached hydrogens (tertiary/aromatic N) is 2. The molecule has 1 aromatic heterocycles. The molecule has 59 heavy (non-hydrogen) atoms. The van der Waals surface area contributed by atoms with E-state index in [0.29, 0.717) is 5.39 Å². The van der Waals surface area contributed by atoms with Gasteiger partial charge in [0.25, 0.3) is 0 Å². The van der Waals surface area contributed by atoms with Gasteiger partial charge >= 0.3 is 0 Å². The molecular formula is C56H47FN2. The fourth-order valence-electron chi connectivity index (χ4n) is 9.32. The van der Waals surface area contributed by atoms with Crippen LogP contribution in [0.15, 0.2) is 188 Å². The third-order valence-electron chi connectivity index (χ3n) is 12.8. The first-order valence-corrected chi connectivity index (χ1v) is 20.7. The molecule has 8 aromatic carbocycles. The Morgan fingerprint density at radius 2 is 0.898 bits per heavy atom. The maximum atomic E-state index is 16.0. The van der Waals surface area contributed by atoms with Gasteiger partial charge in [0, 0.05) is 33.5 Å². The van der Waals surface area contributed by atoms with Crippen molar-refractivity contribution in [2.24, 2.45) is 0 Å². The van der Waals surface area contributed by atoms with Gasteiger partial charge in [-0.15, -0.1) is 0 Å². The van der Waals surface area contributed by atoms with E-state index in [1.54, 1.807) is 6.07 Å². The first-order chi connectivity index (χ1) is 28.6. The monoisotopic (exact) mass is 766 g/mol. The van der Waals surface area contributed by atoms with Gasteiger partial charge in [-0.2, -0.15) is 0 Å². The topological polar surface area (TPSA) is 8.17 Å². The molecule has 1 aliphatic carbocycles. The molecule has 1 aliphatic rings. The van der Waals surface area contributed by atoms with E-state index in [1.165, 1.54) is 39.8 Å². The lowest BCUT2D eigenvalue weighted by atomic mass is 9.63. The lowest BCUT2D eigenvalue weighted by Crippen LogP contribution is -2.33. The maximum absolute atomic E-state index is 16.0. The molecule has 0 spiro atoms. The zero-order chi connectivity index (χ0) is 40.3. The molecule has 2 nitrogen and oxygen atoms in total. The van der Waals surface area contributed by atoms with Crippen molar-refractivity contribution in [3.63, 3.8) is 0 Å². The summed E-state index contributed by atoms with van der Waals surface area (Å²) in [4.78, 5) is 2.31. The van der Waals surface area contributed by atoms with E-state index in [1.807, 2.05) is 18.2 Å². The van der Waals surface area contributed by atoms with Crippen LogP contribution in [0.4, 0.5) is 21.5 Å². The second-order valence-corrected chi connectivity index (χ2v) is 17.4. The zero-order valence-electron chi connectivity index (χ0n) is 34.1. The Bertz CT molecular complexity index is 2870. The third-order valence-corrected chi connectivity index (χ3v) is 12.8. The summed E-state index contributed by atoms with van der Waals surface area (Å²) in [6, 6.07) is 66.2. The summed E-state index contributed by atoms with van der Waals surface area (Å²) in [6.45, 7) is 9.43. The van der Waals surface area contributed by atoms with Gasteiger partial charge in [0.2, 0.25) is 0 Å². The van der Waals surface area contributed by atoms with E-state index in [-0.39, 0.29) is 16.6 Å². The van der Waals surface area contributed by atoms with Gasteiger partial charge in [0.1, 0.15) is 5.82 Å². The van der Waals surface area contributed by atoms with Crippen LogP contribution < -0.4 is 4.90 Å². The molecule has 0 aliphatic heterocycles. The number of fused-ring (bicyclic) bond motifs is 4. The average molecular weight is 767 g/mol. The minimum absolute atomic E-state index is 0.0665. The normalized spacial score (nSPS) is 14.3. The van der Waals surface area contributed by atoms with Crippen molar-refractivity contribution in [3.05, 3.63) is 205 Å². The van der Waals surface area contributed by atoms with Crippen LogP contribution in [0.25, 0.3) is 60.9 Å². The number of hydrogen-bond donors (Lipinski definition) is 0. The van der Waals surface area contributed by atoms with Crippen LogP contribution in [-0.2, 0) is 10.8 Å². The van der Waals surface area contributed by atoms with Crippen molar-refractivity contribution < 1.29 is 4.39 Å². The third kappa shape index (κ3) is 6.52. The number of benzene rings is 8. The van der Waals surface area contributed by atoms with E-state index >= 15 is 4.39 Å². The Kier molecular flexibility index (Phi) is 8.87. The van der Waals surface area contributed by atoms with Gasteiger partial charge in [-0.05, 0) is 141 Å². The highest BCUT2D eigenvalue weighted by Gasteiger charge is 2.37. The van der Waals surface area contributed by atoms with Gasteiger partial charge in [-0.25, -0.2) is 4.39 Å². The number of halogens is 1. The van der Waals surface area contributed by atoms with Crippen LogP contribution in [0, 0.1) is 5.82 Å². The molecule has 0 fully saturated rings. The quantitative estimate of drug-likeness (QED) is 0.157. The van der Waals surface area contributed by atoms with E-state index in [2.05, 4.69) is 201 Å². The Labute approximate surface area is 346 Å². The molecule has 0 saturated heterocycles. The summed E-state index contributed by atoms with van der Waals surface area (Å²) in [5, 5.41) is 1.57. The van der Waals surface area contributed by atoms with Gasteiger partial charge in [-0.3, -0.25) is 0 Å². The molecule has 0 atom stereocenters. The van der Waals surface area contributed by atoms with Crippen molar-refractivity contribution in [1.82, 2.24) is 4.57 Å². The van der Waals surface area contributed by atoms with Gasteiger partial charge in [-0.1, -0.05) is 143 Å². The molecule has 1 heterocycles. The van der Waals surface area contributed by atoms with Crippen LogP contribution >= 0.6 is 0 Å². The number of rotatable bonds is 7. The number of hydrogen-bond acceptors (Lipinski definition) is 1. The summed E-state index contributed by atoms with van der Waals surface area (Å²) in [6.07, 6.45) is 2.30. The molecule has 9 aromatic rings. The van der Waals surface area contributed by atoms with Crippen molar-refractivity contribution >= 4 is 38.9 Å². The minimum Gasteiger partial charge on any atom is -0.311 e. The second-order valence-electron chi connectivity index (χ2n) is 17.4. The summed E-state index contributed by atoms with van der Waals surface area (Å²) < 4.78 is 18.2. The summed E-state index contributed by atoms with van der Waals surface area (Å²) in [5.74, 6) is -0.203. The molecule has 0 unspecified atom stereocenters. The van der Waals surface area contributed by atoms with E-state index < -0.39 is 0 Å². The molecule has 288 valence electrons. The van der Waals surface area contributed by atoms with Crippen LogP contribution in [0.1, 0.15) is 51.7 Å². The summed E-state index contributed by atoms with van der Waals surface area (Å²) in [5.41, 5.74) is 16.0. The Hall–Kier alpha value is -6.71. The highest BCUT2D eigenvalue weighted by Crippen LogP contribution is 2.47. The molecule has 10 rings (SSSR count). The molecule has 0 saturated carbocycles. The largest absolute Gasteiger partial charge is 0.311 e. The van der Waals surface area contributed by atoms with Crippen molar-refractivity contribution in [1.29, 1.82) is 0 Å². The van der Waals surface area contributed by atoms with Crippen LogP contribution in [0.3, 0.4) is 0 Å². The number of anilines is 3. The zero-order valence-corrected chi connectivity index (χ0v) is 34.1. The van der Waals surface area contributed by atoms with Gasteiger partial charge in [0.05, 0.1) is 11.0 Å². The van der Waals surface area contributed by atoms with E-state index in [4.69, 9.17) is 0 Å². The average Bonchev–Trinajstić information content (AvgIpc) is 3.61. The summed E-state index contributed by atoms with van der Waals surface area (Å²) >= 11 is 0. The smallest absolute Gasteiger partial charge is 0.133 e. The Morgan fingerprint density at radius 3 is 1.44 bits per heavy atom. The van der Waals surface area contributed by atoms with Gasteiger partial charge < -0.3 is 9.47 Å². The summed E-state index contributed by atoms with van der Waals surface area (Å²) in [7, 11) is 0. The van der Waals surface area contributed by atoms with E-state index in [0.717, 1.165) is 56.7 Å². The Balaban J connectivity index is 1.04. The van der Waals surface area contributed by atoms with Gasteiger partial charge in [0.15, 0.2) is 0 Å². The first-order valence-electron chi connectivity index (χ1n) is 20.7. The standard InChI is InChI=1S/C56H47FN2/c1-55(2)34-35-56(3,4)50-37-47(31-32-49(50)55)59-52-33-24-43(36-48(52)54-51(57)16-11-17-53(54)59)42-22-29-46(30-23-42)58(44-25-18-40(19-26-44)38-12-7-5-8-13-38)45-27-20-41(21-28-45)39-14-9-6-10-15-39/h5-33,36-37H,34-35H2,1-4H3. The highest BCUT2D eigenvalue weighted by atomic mass is 19.1. The van der Waals surface area contributed by atoms with Crippen LogP contribution in [0.5, 0.6) is 0 Å². The first kappa shape index (κ1) is 36.6. The predicted molar refractivity (Wildman–Crippen MR) is 247 cm³/mol. The molecular weight excluding hydrogens is 720 g/mol. The minimum atomic E-state index is -0.203.